The topological polar surface area (TPSA) is 79.8 Å². The summed E-state index contributed by atoms with van der Waals surface area (Å²) in [5.74, 6) is 0. The van der Waals surface area contributed by atoms with E-state index >= 15 is 0 Å². The van der Waals surface area contributed by atoms with Gasteiger partial charge in [0, 0.05) is 18.3 Å². The Hall–Kier alpha value is -1.63. The smallest absolute Gasteiger partial charge is 0.319 e. The molecule has 3 N–H and O–H groups in total. The van der Waals surface area contributed by atoms with Crippen LogP contribution in [0, 0.1) is 0 Å². The molecule has 6 heteroatoms. The Morgan fingerprint density at radius 3 is 2.81 bits per heavy atom. The van der Waals surface area contributed by atoms with E-state index in [1.165, 1.54) is 6.42 Å². The monoisotopic (exact) mass is 362 g/mol. The molecule has 1 saturated heterocycles. The molecule has 1 aliphatic heterocycles. The van der Waals surface area contributed by atoms with Gasteiger partial charge in [-0.3, -0.25) is 0 Å². The highest BCUT2D eigenvalue weighted by Crippen LogP contribution is 2.19. The van der Waals surface area contributed by atoms with Gasteiger partial charge in [-0.15, -0.1) is 0 Å². The van der Waals surface area contributed by atoms with Crippen LogP contribution < -0.4 is 10.6 Å². The third-order valence-corrected chi connectivity index (χ3v) is 5.06. The number of carbonyl (C=O) groups is 1. The van der Waals surface area contributed by atoms with Crippen molar-refractivity contribution >= 4 is 11.7 Å². The zero-order valence-corrected chi connectivity index (χ0v) is 15.3. The summed E-state index contributed by atoms with van der Waals surface area (Å²) in [7, 11) is 0. The van der Waals surface area contributed by atoms with Crippen molar-refractivity contribution in [2.45, 2.75) is 69.8 Å². The maximum Gasteiger partial charge on any atom is 0.319 e. The first kappa shape index (κ1) is 19.1. The summed E-state index contributed by atoms with van der Waals surface area (Å²) >= 11 is 0. The van der Waals surface area contributed by atoms with Crippen LogP contribution in [0.3, 0.4) is 0 Å². The summed E-state index contributed by atoms with van der Waals surface area (Å²) in [5.41, 5.74) is 1.78. The van der Waals surface area contributed by atoms with Crippen LogP contribution in [0.4, 0.5) is 10.5 Å². The van der Waals surface area contributed by atoms with Crippen molar-refractivity contribution in [3.05, 3.63) is 29.8 Å². The predicted octanol–water partition coefficient (Wildman–Crippen LogP) is 3.20. The van der Waals surface area contributed by atoms with E-state index in [4.69, 9.17) is 9.47 Å². The molecule has 6 nitrogen and oxygen atoms in total. The van der Waals surface area contributed by atoms with Gasteiger partial charge in [0.1, 0.15) is 0 Å². The average molecular weight is 362 g/mol. The number of hydrogen-bond donors (Lipinski definition) is 3. The van der Waals surface area contributed by atoms with Crippen LogP contribution >= 0.6 is 0 Å². The molecule has 1 saturated carbocycles. The number of aliphatic hydroxyl groups excluding tert-OH is 1. The Labute approximate surface area is 155 Å². The molecule has 1 unspecified atom stereocenters. The first-order chi connectivity index (χ1) is 12.7. The van der Waals surface area contributed by atoms with E-state index < -0.39 is 0 Å². The first-order valence-corrected chi connectivity index (χ1v) is 9.73. The number of anilines is 1. The molecule has 1 aromatic carbocycles. The molecule has 26 heavy (non-hydrogen) atoms. The molecular weight excluding hydrogens is 332 g/mol. The molecular formula is C20H30N2O4. The molecule has 2 aliphatic rings. The number of rotatable bonds is 6. The number of benzene rings is 1. The van der Waals surface area contributed by atoms with Crippen LogP contribution in [0.1, 0.15) is 50.5 Å². The summed E-state index contributed by atoms with van der Waals surface area (Å²) in [5, 5.41) is 15.4. The summed E-state index contributed by atoms with van der Waals surface area (Å²) in [6, 6.07) is 7.67. The van der Waals surface area contributed by atoms with E-state index in [9.17, 15) is 9.90 Å². The van der Waals surface area contributed by atoms with Gasteiger partial charge in [0.15, 0.2) is 0 Å². The molecule has 2 fully saturated rings. The van der Waals surface area contributed by atoms with Crippen LogP contribution in [-0.2, 0) is 16.1 Å². The van der Waals surface area contributed by atoms with Crippen molar-refractivity contribution in [2.75, 3.05) is 18.5 Å². The highest BCUT2D eigenvalue weighted by molar-refractivity contribution is 5.89. The van der Waals surface area contributed by atoms with E-state index in [0.29, 0.717) is 13.2 Å². The molecule has 1 heterocycles. The number of nitrogens with one attached hydrogen (secondary N) is 2. The van der Waals surface area contributed by atoms with E-state index in [0.717, 1.165) is 56.4 Å². The standard InChI is InChI=1S/C20H30N2O4/c23-18-9-7-16(8-10-18)21-20(24)22-17-5-3-4-15(12-17)13-25-14-19-6-1-2-11-26-19/h3-5,12,16,18-19,23H,1-2,6-11,13-14H2,(H2,21,22,24). The van der Waals surface area contributed by atoms with Gasteiger partial charge in [0.05, 0.1) is 25.4 Å². The van der Waals surface area contributed by atoms with Crippen molar-refractivity contribution < 1.29 is 19.4 Å². The van der Waals surface area contributed by atoms with Gasteiger partial charge in [-0.1, -0.05) is 12.1 Å². The predicted molar refractivity (Wildman–Crippen MR) is 100 cm³/mol. The molecule has 1 aromatic rings. The molecule has 1 aliphatic carbocycles. The third kappa shape index (κ3) is 6.27. The minimum Gasteiger partial charge on any atom is -0.393 e. The average Bonchev–Trinajstić information content (AvgIpc) is 2.65. The summed E-state index contributed by atoms with van der Waals surface area (Å²) in [6.45, 7) is 1.96. The Kier molecular flexibility index (Phi) is 7.29. The Morgan fingerprint density at radius 1 is 1.19 bits per heavy atom. The Morgan fingerprint density at radius 2 is 2.04 bits per heavy atom. The molecule has 2 amide bonds. The van der Waals surface area contributed by atoms with Crippen LogP contribution in [0.2, 0.25) is 0 Å². The van der Waals surface area contributed by atoms with Gasteiger partial charge in [-0.25, -0.2) is 4.79 Å². The lowest BCUT2D eigenvalue weighted by Crippen LogP contribution is -2.40. The third-order valence-electron chi connectivity index (χ3n) is 5.06. The largest absolute Gasteiger partial charge is 0.393 e. The first-order valence-electron chi connectivity index (χ1n) is 9.73. The maximum absolute atomic E-state index is 12.2. The van der Waals surface area contributed by atoms with E-state index in [-0.39, 0.29) is 24.3 Å². The van der Waals surface area contributed by atoms with Gasteiger partial charge in [0.25, 0.3) is 0 Å². The molecule has 0 radical (unpaired) electrons. The second-order valence-corrected chi connectivity index (χ2v) is 7.31. The SMILES string of the molecule is O=C(Nc1cccc(COCC2CCCCO2)c1)NC1CCC(O)CC1. The Bertz CT molecular complexity index is 567. The van der Waals surface area contributed by atoms with E-state index in [1.54, 1.807) is 0 Å². The van der Waals surface area contributed by atoms with Crippen molar-refractivity contribution in [1.82, 2.24) is 5.32 Å². The van der Waals surface area contributed by atoms with Crippen molar-refractivity contribution in [1.29, 1.82) is 0 Å². The summed E-state index contributed by atoms with van der Waals surface area (Å²) < 4.78 is 11.4. The lowest BCUT2D eigenvalue weighted by Gasteiger charge is -2.26. The fourth-order valence-electron chi connectivity index (χ4n) is 3.56. The van der Waals surface area contributed by atoms with Gasteiger partial charge >= 0.3 is 6.03 Å². The highest BCUT2D eigenvalue weighted by Gasteiger charge is 2.20. The number of amides is 2. The number of hydrogen-bond acceptors (Lipinski definition) is 4. The molecule has 0 aromatic heterocycles. The molecule has 0 bridgehead atoms. The second kappa shape index (κ2) is 9.90. The zero-order chi connectivity index (χ0) is 18.2. The highest BCUT2D eigenvalue weighted by atomic mass is 16.5. The van der Waals surface area contributed by atoms with E-state index in [2.05, 4.69) is 10.6 Å². The number of carbonyl (C=O) groups excluding carboxylic acids is 1. The lowest BCUT2D eigenvalue weighted by atomic mass is 9.93. The van der Waals surface area contributed by atoms with Gasteiger partial charge in [-0.2, -0.15) is 0 Å². The minimum atomic E-state index is -0.216. The summed E-state index contributed by atoms with van der Waals surface area (Å²) in [4.78, 5) is 12.2. The molecule has 144 valence electrons. The van der Waals surface area contributed by atoms with Crippen LogP contribution in [0.25, 0.3) is 0 Å². The quantitative estimate of drug-likeness (QED) is 0.726. The maximum atomic E-state index is 12.2. The van der Waals surface area contributed by atoms with Crippen molar-refractivity contribution in [2.24, 2.45) is 0 Å². The minimum absolute atomic E-state index is 0.139. The fraction of sp³-hybridized carbons (Fsp3) is 0.650. The molecule has 1 atom stereocenters. The van der Waals surface area contributed by atoms with Gasteiger partial charge in [0.2, 0.25) is 0 Å². The normalized spacial score (nSPS) is 26.3. The summed E-state index contributed by atoms with van der Waals surface area (Å²) in [6.07, 6.45) is 6.58. The van der Waals surface area contributed by atoms with E-state index in [1.807, 2.05) is 24.3 Å². The lowest BCUT2D eigenvalue weighted by molar-refractivity contribution is -0.0447. The second-order valence-electron chi connectivity index (χ2n) is 7.31. The molecule has 0 spiro atoms. The van der Waals surface area contributed by atoms with Crippen molar-refractivity contribution in [3.63, 3.8) is 0 Å². The Balaban J connectivity index is 1.40. The molecule has 3 rings (SSSR count). The van der Waals surface area contributed by atoms with Crippen molar-refractivity contribution in [3.8, 4) is 0 Å². The van der Waals surface area contributed by atoms with Gasteiger partial charge in [-0.05, 0) is 62.6 Å². The van der Waals surface area contributed by atoms with Crippen LogP contribution in [0.5, 0.6) is 0 Å². The number of urea groups is 1. The zero-order valence-electron chi connectivity index (χ0n) is 15.3. The fourth-order valence-corrected chi connectivity index (χ4v) is 3.56. The number of ether oxygens (including phenoxy) is 2. The van der Waals surface area contributed by atoms with Crippen LogP contribution in [-0.4, -0.2) is 42.6 Å². The number of aliphatic hydroxyl groups is 1. The van der Waals surface area contributed by atoms with Gasteiger partial charge < -0.3 is 25.2 Å². The van der Waals surface area contributed by atoms with Crippen LogP contribution in [0.15, 0.2) is 24.3 Å².